The van der Waals surface area contributed by atoms with E-state index in [0.29, 0.717) is 25.7 Å². The molecule has 60 heavy (non-hydrogen) atoms. The van der Waals surface area contributed by atoms with Gasteiger partial charge >= 0.3 is 19.8 Å². The van der Waals surface area contributed by atoms with E-state index in [9.17, 15) is 29.3 Å². The van der Waals surface area contributed by atoms with Crippen LogP contribution in [-0.2, 0) is 32.7 Å². The predicted octanol–water partition coefficient (Wildman–Crippen LogP) is 10.7. The van der Waals surface area contributed by atoms with Crippen LogP contribution >= 0.6 is 7.82 Å². The van der Waals surface area contributed by atoms with Crippen LogP contribution in [-0.4, -0.2) is 76.9 Å². The lowest BCUT2D eigenvalue weighted by molar-refractivity contribution is -0.161. The first-order valence-electron chi connectivity index (χ1n) is 21.9. The highest BCUT2D eigenvalue weighted by atomic mass is 31.2. The van der Waals surface area contributed by atoms with Crippen molar-refractivity contribution in [2.24, 2.45) is 0 Å². The van der Waals surface area contributed by atoms with Crippen molar-refractivity contribution in [3.63, 3.8) is 0 Å². The summed E-state index contributed by atoms with van der Waals surface area (Å²) in [5.74, 6) is -1.06. The van der Waals surface area contributed by atoms with Crippen LogP contribution in [0.25, 0.3) is 0 Å². The van der Waals surface area contributed by atoms with Gasteiger partial charge in [-0.05, 0) is 96.3 Å². The highest BCUT2D eigenvalue weighted by Gasteiger charge is 2.27. The number of unbranched alkanes of at least 4 members (excludes halogenated alkanes) is 4. The van der Waals surface area contributed by atoms with Gasteiger partial charge < -0.3 is 29.7 Å². The second kappa shape index (κ2) is 42.3. The molecule has 0 aliphatic rings. The van der Waals surface area contributed by atoms with Crippen molar-refractivity contribution in [1.82, 2.24) is 0 Å². The van der Waals surface area contributed by atoms with Crippen LogP contribution in [0.4, 0.5) is 0 Å². The summed E-state index contributed by atoms with van der Waals surface area (Å²) in [5, 5.41) is 28.1. The Morgan fingerprint density at radius 2 is 1.02 bits per heavy atom. The maximum atomic E-state index is 12.6. The Morgan fingerprint density at radius 1 is 0.550 bits per heavy atom. The van der Waals surface area contributed by atoms with Gasteiger partial charge in [0, 0.05) is 12.8 Å². The van der Waals surface area contributed by atoms with Crippen molar-refractivity contribution >= 4 is 19.8 Å². The Labute approximate surface area is 361 Å². The Hall–Kier alpha value is -3.41. The van der Waals surface area contributed by atoms with E-state index < -0.39 is 51.8 Å². The molecule has 0 radical (unpaired) electrons. The Morgan fingerprint density at radius 3 is 1.53 bits per heavy atom. The van der Waals surface area contributed by atoms with E-state index in [1.54, 1.807) is 0 Å². The molecule has 12 heteroatoms. The highest BCUT2D eigenvalue weighted by Crippen LogP contribution is 2.43. The van der Waals surface area contributed by atoms with Crippen LogP contribution in [0.3, 0.4) is 0 Å². The average molecular weight is 861 g/mol. The first-order valence-corrected chi connectivity index (χ1v) is 23.4. The van der Waals surface area contributed by atoms with Crippen molar-refractivity contribution < 1.29 is 52.9 Å². The third-order valence-corrected chi connectivity index (χ3v) is 9.42. The molecule has 2 unspecified atom stereocenters. The van der Waals surface area contributed by atoms with Crippen molar-refractivity contribution in [1.29, 1.82) is 0 Å². The minimum Gasteiger partial charge on any atom is -0.462 e. The third kappa shape index (κ3) is 41.3. The first kappa shape index (κ1) is 56.6. The zero-order valence-electron chi connectivity index (χ0n) is 36.5. The Bertz CT molecular complexity index is 1380. The van der Waals surface area contributed by atoms with Gasteiger partial charge in [0.1, 0.15) is 12.7 Å². The quantitative estimate of drug-likeness (QED) is 0.0201. The van der Waals surface area contributed by atoms with Crippen molar-refractivity contribution in [3.05, 3.63) is 109 Å². The fraction of sp³-hybridized carbons (Fsp3) is 0.583. The number of rotatable bonds is 39. The van der Waals surface area contributed by atoms with E-state index in [0.717, 1.165) is 83.5 Å². The van der Waals surface area contributed by atoms with E-state index >= 15 is 0 Å². The molecule has 0 bridgehead atoms. The van der Waals surface area contributed by atoms with E-state index in [4.69, 9.17) is 19.1 Å². The van der Waals surface area contributed by atoms with Crippen molar-refractivity contribution in [3.8, 4) is 0 Å². The topological polar surface area (TPSA) is 169 Å². The number of hydrogen-bond acceptors (Lipinski definition) is 10. The van der Waals surface area contributed by atoms with Gasteiger partial charge in [0.15, 0.2) is 6.10 Å². The minimum absolute atomic E-state index is 0.0787. The second-order valence-corrected chi connectivity index (χ2v) is 15.6. The lowest BCUT2D eigenvalue weighted by Crippen LogP contribution is -2.29. The van der Waals surface area contributed by atoms with Gasteiger partial charge in [-0.25, -0.2) is 4.57 Å². The molecule has 0 aromatic heterocycles. The number of phosphoric acid groups is 1. The number of ether oxygens (including phenoxy) is 2. The number of phosphoric ester groups is 1. The molecule has 0 amide bonds. The van der Waals surface area contributed by atoms with Gasteiger partial charge in [-0.3, -0.25) is 18.6 Å². The van der Waals surface area contributed by atoms with Crippen LogP contribution in [0.15, 0.2) is 109 Å². The van der Waals surface area contributed by atoms with Crippen LogP contribution in [0.2, 0.25) is 0 Å². The number of carbonyl (C=O) groups excluding carboxylic acids is 2. The summed E-state index contributed by atoms with van der Waals surface area (Å²) in [6.45, 7) is 1.92. The Kier molecular flexibility index (Phi) is 39.9. The van der Waals surface area contributed by atoms with Gasteiger partial charge in [0.25, 0.3) is 0 Å². The largest absolute Gasteiger partial charge is 0.472 e. The number of aliphatic hydroxyl groups is 3. The van der Waals surface area contributed by atoms with E-state index in [1.165, 1.54) is 0 Å². The maximum Gasteiger partial charge on any atom is 0.472 e. The number of carbonyl (C=O) groups is 2. The van der Waals surface area contributed by atoms with Crippen LogP contribution in [0, 0.1) is 0 Å². The molecule has 0 spiro atoms. The zero-order chi connectivity index (χ0) is 44.2. The molecular formula is C48H77O11P. The molecular weight excluding hydrogens is 783 g/mol. The molecule has 0 aliphatic carbocycles. The summed E-state index contributed by atoms with van der Waals surface area (Å²) in [7, 11) is -4.66. The summed E-state index contributed by atoms with van der Waals surface area (Å²) in [4.78, 5) is 35.0. The lowest BCUT2D eigenvalue weighted by Gasteiger charge is -2.20. The third-order valence-electron chi connectivity index (χ3n) is 8.47. The van der Waals surface area contributed by atoms with E-state index in [2.05, 4.69) is 110 Å². The number of esters is 2. The molecule has 0 rings (SSSR count). The van der Waals surface area contributed by atoms with Gasteiger partial charge in [-0.1, -0.05) is 136 Å². The van der Waals surface area contributed by atoms with Gasteiger partial charge in [-0.15, -0.1) is 0 Å². The summed E-state index contributed by atoms with van der Waals surface area (Å²) in [5.41, 5.74) is 0. The first-order chi connectivity index (χ1) is 29.1. The lowest BCUT2D eigenvalue weighted by atomic mass is 10.1. The maximum absolute atomic E-state index is 12.6. The minimum atomic E-state index is -4.66. The molecule has 340 valence electrons. The predicted molar refractivity (Wildman–Crippen MR) is 243 cm³/mol. The standard InChI is InChI=1S/C48H77O11P/c1-3-5-6-7-8-9-10-11-12-13-14-15-16-19-22-25-28-31-34-38-47(52)56-42-46(43-58-60(54,55)57-41-45(51)40-49)59-48(53)39-35-32-29-26-23-20-17-18-21-24-27-30-33-37-44(50)36-4-2/h5-6,8-9,11-12,14-15,17,19-22,24,26,29-30,33,44-46,49-51H,3-4,7,10,13,16,18,23,25,27-28,31-32,34-43H2,1-2H3,(H,54,55)/b6-5-,9-8-,12-11-,15-14-,20-17-,22-19-,24-21-,29-26-,33-30-/t44?,45-,46+/m0/s1. The SMILES string of the molecule is CC/C=C\C/C=C\C/C=C\C/C=C\C/C=C\CCCCCC(=O)OC[C@H](COP(=O)(O)OC[C@@H](O)CO)OC(=O)CCC/C=C\C/C=C\C/C=C\C/C=C\CC(O)CCC. The van der Waals surface area contributed by atoms with Crippen molar-refractivity contribution in [2.75, 3.05) is 26.4 Å². The molecule has 4 N–H and O–H groups in total. The van der Waals surface area contributed by atoms with Gasteiger partial charge in [0.05, 0.1) is 25.9 Å². The molecule has 0 saturated carbocycles. The van der Waals surface area contributed by atoms with Crippen LogP contribution < -0.4 is 0 Å². The molecule has 0 aliphatic heterocycles. The van der Waals surface area contributed by atoms with Gasteiger partial charge in [-0.2, -0.15) is 0 Å². The molecule has 0 aromatic carbocycles. The number of allylic oxidation sites excluding steroid dienone is 17. The molecule has 11 nitrogen and oxygen atoms in total. The molecule has 0 saturated heterocycles. The van der Waals surface area contributed by atoms with Crippen LogP contribution in [0.5, 0.6) is 0 Å². The smallest absolute Gasteiger partial charge is 0.462 e. The normalized spacial score (nSPS) is 15.4. The molecule has 0 aromatic rings. The zero-order valence-corrected chi connectivity index (χ0v) is 37.4. The average Bonchev–Trinajstić information content (AvgIpc) is 3.23. The summed E-state index contributed by atoms with van der Waals surface area (Å²) < 4.78 is 32.6. The van der Waals surface area contributed by atoms with Crippen LogP contribution in [0.1, 0.15) is 136 Å². The van der Waals surface area contributed by atoms with E-state index in [1.807, 2.05) is 18.2 Å². The summed E-state index contributed by atoms with van der Waals surface area (Å²) in [6, 6.07) is 0. The second-order valence-electron chi connectivity index (χ2n) is 14.2. The summed E-state index contributed by atoms with van der Waals surface area (Å²) >= 11 is 0. The molecule has 0 heterocycles. The fourth-order valence-corrected chi connectivity index (χ4v) is 5.93. The molecule has 0 fully saturated rings. The summed E-state index contributed by atoms with van der Waals surface area (Å²) in [6.07, 6.45) is 49.8. The monoisotopic (exact) mass is 861 g/mol. The molecule has 4 atom stereocenters. The van der Waals surface area contributed by atoms with Crippen molar-refractivity contribution in [2.45, 2.75) is 154 Å². The highest BCUT2D eigenvalue weighted by molar-refractivity contribution is 7.47. The van der Waals surface area contributed by atoms with Gasteiger partial charge in [0.2, 0.25) is 0 Å². The Balaban J connectivity index is 4.49. The van der Waals surface area contributed by atoms with E-state index in [-0.39, 0.29) is 25.6 Å². The fourth-order valence-electron chi connectivity index (χ4n) is 5.14. The number of hydrogen-bond donors (Lipinski definition) is 4. The number of aliphatic hydroxyl groups excluding tert-OH is 3.